The molecule has 1 fully saturated rings. The van der Waals surface area contributed by atoms with Crippen LogP contribution in [0.15, 0.2) is 24.3 Å². The summed E-state index contributed by atoms with van der Waals surface area (Å²) >= 11 is 0. The third-order valence-electron chi connectivity index (χ3n) is 3.88. The molecule has 0 bridgehead atoms. The van der Waals surface area contributed by atoms with Gasteiger partial charge < -0.3 is 15.2 Å². The second kappa shape index (κ2) is 4.87. The maximum atomic E-state index is 6.23. The number of benzene rings is 1. The molecule has 4 nitrogen and oxygen atoms in total. The van der Waals surface area contributed by atoms with Gasteiger partial charge in [-0.1, -0.05) is 6.08 Å². The Kier molecular flexibility index (Phi) is 3.21. The van der Waals surface area contributed by atoms with Crippen LogP contribution in [-0.4, -0.2) is 43.8 Å². The van der Waals surface area contributed by atoms with E-state index in [9.17, 15) is 0 Å². The van der Waals surface area contributed by atoms with Crippen molar-refractivity contribution in [2.45, 2.75) is 12.0 Å². The Morgan fingerprint density at radius 1 is 1.47 bits per heavy atom. The molecule has 1 saturated heterocycles. The minimum Gasteiger partial charge on any atom is -0.497 e. The van der Waals surface area contributed by atoms with Crippen molar-refractivity contribution in [3.63, 3.8) is 0 Å². The van der Waals surface area contributed by atoms with Crippen LogP contribution < -0.4 is 15.2 Å². The molecule has 19 heavy (non-hydrogen) atoms. The Morgan fingerprint density at radius 3 is 3.16 bits per heavy atom. The first-order valence-corrected chi connectivity index (χ1v) is 6.73. The number of nitrogens with two attached hydrogens (primary N) is 1. The van der Waals surface area contributed by atoms with Gasteiger partial charge in [0.05, 0.1) is 7.11 Å². The molecule has 2 aliphatic rings. The number of hydrogen-bond donors (Lipinski definition) is 1. The monoisotopic (exact) mass is 260 g/mol. The van der Waals surface area contributed by atoms with E-state index >= 15 is 0 Å². The maximum Gasteiger partial charge on any atom is 0.141 e. The summed E-state index contributed by atoms with van der Waals surface area (Å²) in [5.41, 5.74) is 6.54. The van der Waals surface area contributed by atoms with Crippen LogP contribution in [0.25, 0.3) is 6.08 Å². The Hall–Kier alpha value is -1.52. The van der Waals surface area contributed by atoms with E-state index in [0.29, 0.717) is 6.54 Å². The highest BCUT2D eigenvalue weighted by Gasteiger charge is 2.39. The van der Waals surface area contributed by atoms with Crippen molar-refractivity contribution in [2.75, 3.05) is 33.3 Å². The predicted molar refractivity (Wildman–Crippen MR) is 75.5 cm³/mol. The van der Waals surface area contributed by atoms with Crippen molar-refractivity contribution in [3.05, 3.63) is 29.8 Å². The minimum atomic E-state index is -0.170. The third-order valence-corrected chi connectivity index (χ3v) is 3.88. The minimum absolute atomic E-state index is 0.170. The molecule has 0 aromatic heterocycles. The van der Waals surface area contributed by atoms with Crippen molar-refractivity contribution in [1.82, 2.24) is 4.90 Å². The van der Waals surface area contributed by atoms with E-state index in [1.807, 2.05) is 18.2 Å². The molecule has 2 aliphatic heterocycles. The molecule has 0 saturated carbocycles. The van der Waals surface area contributed by atoms with Gasteiger partial charge >= 0.3 is 0 Å². The summed E-state index contributed by atoms with van der Waals surface area (Å²) in [5, 5.41) is 0. The number of methoxy groups -OCH3 is 1. The lowest BCUT2D eigenvalue weighted by Gasteiger charge is -2.31. The van der Waals surface area contributed by atoms with Crippen molar-refractivity contribution in [1.29, 1.82) is 0 Å². The molecule has 0 amide bonds. The number of ether oxygens (including phenoxy) is 2. The van der Waals surface area contributed by atoms with Crippen molar-refractivity contribution in [2.24, 2.45) is 5.73 Å². The first-order chi connectivity index (χ1) is 9.24. The van der Waals surface area contributed by atoms with Crippen LogP contribution >= 0.6 is 0 Å². The highest BCUT2D eigenvalue weighted by molar-refractivity contribution is 5.63. The largest absolute Gasteiger partial charge is 0.497 e. The fourth-order valence-electron chi connectivity index (χ4n) is 2.85. The molecule has 4 heteroatoms. The highest BCUT2D eigenvalue weighted by atomic mass is 16.5. The van der Waals surface area contributed by atoms with Gasteiger partial charge in [0, 0.05) is 38.2 Å². The summed E-state index contributed by atoms with van der Waals surface area (Å²) in [6, 6.07) is 5.94. The standard InChI is InChI=1S/C15H20N2O2/c1-18-13-2-3-14-12(10-13)4-5-15(19-14)6-8-17(11-15)9-7-16/h2-5,10H,6-9,11,16H2,1H3. The van der Waals surface area contributed by atoms with Crippen LogP contribution in [0.1, 0.15) is 12.0 Å². The Bertz CT molecular complexity index is 501. The van der Waals surface area contributed by atoms with Crippen molar-refractivity contribution < 1.29 is 9.47 Å². The number of rotatable bonds is 3. The highest BCUT2D eigenvalue weighted by Crippen LogP contribution is 2.37. The quantitative estimate of drug-likeness (QED) is 0.895. The molecule has 2 N–H and O–H groups in total. The molecule has 2 heterocycles. The Balaban J connectivity index is 1.80. The zero-order chi connectivity index (χ0) is 13.3. The number of hydrogen-bond acceptors (Lipinski definition) is 4. The molecular weight excluding hydrogens is 240 g/mol. The fourth-order valence-corrected chi connectivity index (χ4v) is 2.85. The summed E-state index contributed by atoms with van der Waals surface area (Å²) in [7, 11) is 1.68. The average molecular weight is 260 g/mol. The topological polar surface area (TPSA) is 47.7 Å². The molecule has 0 aliphatic carbocycles. The molecule has 1 spiro atoms. The summed E-state index contributed by atoms with van der Waals surface area (Å²) in [6.45, 7) is 3.61. The van der Waals surface area contributed by atoms with Crippen LogP contribution in [0.5, 0.6) is 11.5 Å². The van der Waals surface area contributed by atoms with Crippen LogP contribution in [0.3, 0.4) is 0 Å². The third kappa shape index (κ3) is 2.33. The molecule has 1 atom stereocenters. The van der Waals surface area contributed by atoms with Gasteiger partial charge in [-0.25, -0.2) is 0 Å². The van der Waals surface area contributed by atoms with E-state index in [2.05, 4.69) is 17.1 Å². The Morgan fingerprint density at radius 2 is 2.37 bits per heavy atom. The van der Waals surface area contributed by atoms with Gasteiger partial charge in [0.2, 0.25) is 0 Å². The molecule has 1 unspecified atom stereocenters. The molecular formula is C15H20N2O2. The van der Waals surface area contributed by atoms with Crippen LogP contribution in [-0.2, 0) is 0 Å². The van der Waals surface area contributed by atoms with Gasteiger partial charge in [-0.15, -0.1) is 0 Å². The van der Waals surface area contributed by atoms with Gasteiger partial charge in [0.15, 0.2) is 0 Å². The van der Waals surface area contributed by atoms with E-state index in [1.165, 1.54) is 0 Å². The second-order valence-corrected chi connectivity index (χ2v) is 5.22. The lowest BCUT2D eigenvalue weighted by Crippen LogP contribution is -2.39. The summed E-state index contributed by atoms with van der Waals surface area (Å²) < 4.78 is 11.5. The van der Waals surface area contributed by atoms with Gasteiger partial charge in [-0.05, 0) is 24.3 Å². The summed E-state index contributed by atoms with van der Waals surface area (Å²) in [5.74, 6) is 1.80. The van der Waals surface area contributed by atoms with Crippen molar-refractivity contribution in [3.8, 4) is 11.5 Å². The van der Waals surface area contributed by atoms with Gasteiger partial charge in [-0.2, -0.15) is 0 Å². The predicted octanol–water partition coefficient (Wildman–Crippen LogP) is 1.50. The van der Waals surface area contributed by atoms with E-state index in [1.54, 1.807) is 7.11 Å². The molecule has 1 aromatic rings. The van der Waals surface area contributed by atoms with E-state index in [0.717, 1.165) is 43.1 Å². The van der Waals surface area contributed by atoms with Crippen LogP contribution in [0, 0.1) is 0 Å². The Labute approximate surface area is 113 Å². The van der Waals surface area contributed by atoms with Gasteiger partial charge in [-0.3, -0.25) is 4.90 Å². The SMILES string of the molecule is COc1ccc2c(c1)C=CC1(CCN(CCN)C1)O2. The number of nitrogens with zero attached hydrogens (tertiary/aromatic N) is 1. The molecule has 1 aromatic carbocycles. The van der Waals surface area contributed by atoms with Crippen LogP contribution in [0.2, 0.25) is 0 Å². The molecule has 102 valence electrons. The fraction of sp³-hybridized carbons (Fsp3) is 0.467. The lowest BCUT2D eigenvalue weighted by molar-refractivity contribution is 0.123. The normalized spacial score (nSPS) is 25.4. The zero-order valence-corrected chi connectivity index (χ0v) is 11.3. The van der Waals surface area contributed by atoms with E-state index in [-0.39, 0.29) is 5.60 Å². The van der Waals surface area contributed by atoms with Gasteiger partial charge in [0.1, 0.15) is 17.1 Å². The number of likely N-dealkylation sites (tertiary alicyclic amines) is 1. The summed E-state index contributed by atoms with van der Waals surface area (Å²) in [6.07, 6.45) is 5.35. The number of fused-ring (bicyclic) bond motifs is 1. The molecule has 0 radical (unpaired) electrons. The van der Waals surface area contributed by atoms with E-state index < -0.39 is 0 Å². The van der Waals surface area contributed by atoms with Gasteiger partial charge in [0.25, 0.3) is 0 Å². The first-order valence-electron chi connectivity index (χ1n) is 6.73. The lowest BCUT2D eigenvalue weighted by atomic mass is 9.97. The molecule has 3 rings (SSSR count). The maximum absolute atomic E-state index is 6.23. The second-order valence-electron chi connectivity index (χ2n) is 5.22. The van der Waals surface area contributed by atoms with Crippen molar-refractivity contribution >= 4 is 6.08 Å². The zero-order valence-electron chi connectivity index (χ0n) is 11.3. The average Bonchev–Trinajstić information content (AvgIpc) is 2.81. The van der Waals surface area contributed by atoms with E-state index in [4.69, 9.17) is 15.2 Å². The first kappa shape index (κ1) is 12.5. The van der Waals surface area contributed by atoms with Crippen LogP contribution in [0.4, 0.5) is 0 Å². The summed E-state index contributed by atoms with van der Waals surface area (Å²) in [4.78, 5) is 2.36. The smallest absolute Gasteiger partial charge is 0.141 e.